The molecule has 0 atom stereocenters. The maximum Gasteiger partial charge on any atom is 0.308 e. The van der Waals surface area contributed by atoms with Crippen LogP contribution in [0.4, 0.5) is 0 Å². The molecule has 1 saturated heterocycles. The molecule has 25 heavy (non-hydrogen) atoms. The van der Waals surface area contributed by atoms with Crippen molar-refractivity contribution in [2.45, 2.75) is 26.3 Å². The Kier molecular flexibility index (Phi) is 9.54. The van der Waals surface area contributed by atoms with Crippen LogP contribution in [0.3, 0.4) is 0 Å². The fourth-order valence-electron chi connectivity index (χ4n) is 2.81. The number of esters is 1. The lowest BCUT2D eigenvalue weighted by atomic mass is 9.97. The number of nitrogens with one attached hydrogen (secondary N) is 1. The van der Waals surface area contributed by atoms with E-state index >= 15 is 0 Å². The fraction of sp³-hybridized carbons (Fsp3) is 0.588. The first-order chi connectivity index (χ1) is 11.7. The van der Waals surface area contributed by atoms with Gasteiger partial charge in [-0.2, -0.15) is 0 Å². The Morgan fingerprint density at radius 1 is 1.40 bits per heavy atom. The topological polar surface area (TPSA) is 76.1 Å². The number of rotatable bonds is 5. The Balaban J connectivity index is 0.00000312. The van der Waals surface area contributed by atoms with Crippen LogP contribution in [0.25, 0.3) is 0 Å². The van der Waals surface area contributed by atoms with Crippen LogP contribution < -0.4 is 10.1 Å². The number of carbonyl (C=O) groups is 1. The average Bonchev–Trinajstić information content (AvgIpc) is 2.64. The molecule has 0 aromatic carbocycles. The van der Waals surface area contributed by atoms with Gasteiger partial charge in [0.15, 0.2) is 5.96 Å². The molecular formula is C17H27IN4O3. The lowest BCUT2D eigenvalue weighted by Gasteiger charge is -2.33. The molecule has 1 N–H and O–H groups in total. The van der Waals surface area contributed by atoms with Crippen molar-refractivity contribution in [1.29, 1.82) is 0 Å². The third-order valence-corrected chi connectivity index (χ3v) is 4.11. The molecule has 1 aromatic rings. The zero-order valence-electron chi connectivity index (χ0n) is 15.0. The Morgan fingerprint density at radius 2 is 2.12 bits per heavy atom. The summed E-state index contributed by atoms with van der Waals surface area (Å²) in [4.78, 5) is 22.7. The zero-order chi connectivity index (χ0) is 17.4. The summed E-state index contributed by atoms with van der Waals surface area (Å²) in [7, 11) is 3.06. The van der Waals surface area contributed by atoms with E-state index < -0.39 is 0 Å². The molecule has 0 unspecified atom stereocenters. The maximum atomic E-state index is 11.6. The molecule has 1 aromatic heterocycles. The summed E-state index contributed by atoms with van der Waals surface area (Å²) < 4.78 is 10.1. The number of guanidine groups is 1. The van der Waals surface area contributed by atoms with Crippen LogP contribution in [0.5, 0.6) is 5.88 Å². The van der Waals surface area contributed by atoms with Crippen LogP contribution in [-0.4, -0.2) is 55.7 Å². The van der Waals surface area contributed by atoms with Crippen LogP contribution in [-0.2, 0) is 16.1 Å². The summed E-state index contributed by atoms with van der Waals surface area (Å²) in [5.74, 6) is 1.33. The minimum Gasteiger partial charge on any atom is -0.481 e. The molecule has 140 valence electrons. The summed E-state index contributed by atoms with van der Waals surface area (Å²) >= 11 is 0. The molecule has 0 aliphatic carbocycles. The highest BCUT2D eigenvalue weighted by atomic mass is 127. The van der Waals surface area contributed by atoms with Crippen molar-refractivity contribution in [3.8, 4) is 5.88 Å². The van der Waals surface area contributed by atoms with E-state index in [1.165, 1.54) is 7.11 Å². The van der Waals surface area contributed by atoms with Crippen molar-refractivity contribution in [3.63, 3.8) is 0 Å². The zero-order valence-corrected chi connectivity index (χ0v) is 17.4. The number of halogens is 1. The summed E-state index contributed by atoms with van der Waals surface area (Å²) in [6.45, 7) is 4.91. The molecule has 0 bridgehead atoms. The van der Waals surface area contributed by atoms with E-state index in [4.69, 9.17) is 14.5 Å². The normalized spacial score (nSPS) is 15.3. The number of aliphatic imine (C=N–C) groups is 1. The Morgan fingerprint density at radius 3 is 2.72 bits per heavy atom. The number of carbonyl (C=O) groups excluding carboxylic acids is 1. The number of likely N-dealkylation sites (tertiary alicyclic amines) is 1. The minimum absolute atomic E-state index is 0. The van der Waals surface area contributed by atoms with Gasteiger partial charge in [0, 0.05) is 31.4 Å². The van der Waals surface area contributed by atoms with Crippen molar-refractivity contribution in [3.05, 3.63) is 23.9 Å². The van der Waals surface area contributed by atoms with Gasteiger partial charge in [-0.15, -0.1) is 24.0 Å². The Labute approximate surface area is 166 Å². The summed E-state index contributed by atoms with van der Waals surface area (Å²) in [5, 5.41) is 3.32. The average molecular weight is 462 g/mol. The van der Waals surface area contributed by atoms with Crippen LogP contribution >= 0.6 is 24.0 Å². The van der Waals surface area contributed by atoms with Crippen molar-refractivity contribution >= 4 is 35.9 Å². The first kappa shape index (κ1) is 21.5. The molecule has 7 nitrogen and oxygen atoms in total. The molecular weight excluding hydrogens is 435 g/mol. The molecule has 1 fully saturated rings. The van der Waals surface area contributed by atoms with Crippen molar-refractivity contribution < 1.29 is 14.3 Å². The van der Waals surface area contributed by atoms with Crippen LogP contribution in [0, 0.1) is 5.92 Å². The van der Waals surface area contributed by atoms with Crippen molar-refractivity contribution in [2.75, 3.05) is 33.9 Å². The molecule has 0 amide bonds. The number of piperidine rings is 1. The second kappa shape index (κ2) is 11.1. The Hall–Kier alpha value is -1.58. The molecule has 8 heteroatoms. The van der Waals surface area contributed by atoms with E-state index in [1.807, 2.05) is 19.1 Å². The molecule has 0 spiro atoms. The van der Waals surface area contributed by atoms with Crippen LogP contribution in [0.2, 0.25) is 0 Å². The van der Waals surface area contributed by atoms with Gasteiger partial charge in [-0.05, 0) is 25.8 Å². The lowest BCUT2D eigenvalue weighted by molar-refractivity contribution is -0.146. The molecule has 0 saturated carbocycles. The largest absolute Gasteiger partial charge is 0.481 e. The van der Waals surface area contributed by atoms with Gasteiger partial charge in [-0.3, -0.25) is 4.79 Å². The highest BCUT2D eigenvalue weighted by Crippen LogP contribution is 2.19. The Bertz CT molecular complexity index is 575. The predicted octanol–water partition coefficient (Wildman–Crippen LogP) is 2.06. The highest BCUT2D eigenvalue weighted by molar-refractivity contribution is 14.0. The lowest BCUT2D eigenvalue weighted by Crippen LogP contribution is -2.46. The monoisotopic (exact) mass is 462 g/mol. The second-order valence-electron chi connectivity index (χ2n) is 5.63. The number of pyridine rings is 1. The summed E-state index contributed by atoms with van der Waals surface area (Å²) in [5.41, 5.74) is 0.944. The number of ether oxygens (including phenoxy) is 2. The van der Waals surface area contributed by atoms with E-state index in [0.717, 1.165) is 44.0 Å². The third kappa shape index (κ3) is 6.02. The van der Waals surface area contributed by atoms with Gasteiger partial charge in [0.25, 0.3) is 0 Å². The standard InChI is InChI=1S/C17H26N4O3.HI/c1-4-18-17(20-12-14-6-5-9-19-15(14)23-2)21-10-7-13(8-11-21)16(22)24-3;/h5-6,9,13H,4,7-8,10-12H2,1-3H3,(H,18,20);1H. The van der Waals surface area contributed by atoms with Crippen molar-refractivity contribution in [2.24, 2.45) is 10.9 Å². The second-order valence-corrected chi connectivity index (χ2v) is 5.63. The summed E-state index contributed by atoms with van der Waals surface area (Å²) in [6.07, 6.45) is 3.27. The van der Waals surface area contributed by atoms with Gasteiger partial charge in [-0.1, -0.05) is 6.07 Å². The smallest absolute Gasteiger partial charge is 0.308 e. The van der Waals surface area contributed by atoms with E-state index in [1.54, 1.807) is 13.3 Å². The number of aromatic nitrogens is 1. The highest BCUT2D eigenvalue weighted by Gasteiger charge is 2.26. The molecule has 0 radical (unpaired) electrons. The molecule has 2 heterocycles. The molecule has 1 aliphatic heterocycles. The molecule has 2 rings (SSSR count). The first-order valence-corrected chi connectivity index (χ1v) is 8.28. The predicted molar refractivity (Wildman–Crippen MR) is 107 cm³/mol. The number of nitrogens with zero attached hydrogens (tertiary/aromatic N) is 3. The first-order valence-electron chi connectivity index (χ1n) is 8.28. The SMILES string of the molecule is CCNC(=NCc1cccnc1OC)N1CCC(C(=O)OC)CC1.I. The van der Waals surface area contributed by atoms with Gasteiger partial charge >= 0.3 is 5.97 Å². The van der Waals surface area contributed by atoms with Crippen LogP contribution in [0.1, 0.15) is 25.3 Å². The summed E-state index contributed by atoms with van der Waals surface area (Å²) in [6, 6.07) is 3.84. The van der Waals surface area contributed by atoms with Crippen molar-refractivity contribution in [1.82, 2.24) is 15.2 Å². The maximum absolute atomic E-state index is 11.6. The van der Waals surface area contributed by atoms with E-state index in [9.17, 15) is 4.79 Å². The number of hydrogen-bond donors (Lipinski definition) is 1. The number of hydrogen-bond acceptors (Lipinski definition) is 5. The van der Waals surface area contributed by atoms with Crippen LogP contribution in [0.15, 0.2) is 23.3 Å². The van der Waals surface area contributed by atoms with Gasteiger partial charge in [-0.25, -0.2) is 9.98 Å². The van der Waals surface area contributed by atoms with E-state index in [-0.39, 0.29) is 35.9 Å². The number of methoxy groups -OCH3 is 2. The van der Waals surface area contributed by atoms with Gasteiger partial charge in [0.2, 0.25) is 5.88 Å². The van der Waals surface area contributed by atoms with Gasteiger partial charge in [0.05, 0.1) is 26.7 Å². The fourth-order valence-corrected chi connectivity index (χ4v) is 2.81. The quantitative estimate of drug-likeness (QED) is 0.313. The van der Waals surface area contributed by atoms with E-state index in [2.05, 4.69) is 15.2 Å². The van der Waals surface area contributed by atoms with Gasteiger partial charge in [0.1, 0.15) is 0 Å². The van der Waals surface area contributed by atoms with E-state index in [0.29, 0.717) is 12.4 Å². The van der Waals surface area contributed by atoms with Gasteiger partial charge < -0.3 is 19.7 Å². The minimum atomic E-state index is -0.114. The third-order valence-electron chi connectivity index (χ3n) is 4.11. The molecule has 1 aliphatic rings.